The van der Waals surface area contributed by atoms with Crippen molar-refractivity contribution in [1.82, 2.24) is 19.5 Å². The lowest BCUT2D eigenvalue weighted by atomic mass is 10.1. The standard InChI is InChI=1S/C20H16ClN5O4/c1-28-13-4-5-26-16(8-22-17(26)7-13)19(27)23-15-6-11(2-3-14(15)21)18-24-20(30-25-18)12-9-29-10-12/h2-8,12H,9-10H2,1H3,(H,23,27). The van der Waals surface area contributed by atoms with Gasteiger partial charge in [-0.05, 0) is 24.3 Å². The van der Waals surface area contributed by atoms with Gasteiger partial charge in [-0.3, -0.25) is 9.20 Å². The number of rotatable bonds is 5. The van der Waals surface area contributed by atoms with Gasteiger partial charge in [-0.15, -0.1) is 0 Å². The van der Waals surface area contributed by atoms with Crippen LogP contribution in [0.5, 0.6) is 5.75 Å². The number of amides is 1. The minimum absolute atomic E-state index is 0.131. The van der Waals surface area contributed by atoms with Gasteiger partial charge in [0.1, 0.15) is 17.1 Å². The number of pyridine rings is 1. The number of hydrogen-bond donors (Lipinski definition) is 1. The van der Waals surface area contributed by atoms with Gasteiger partial charge in [0.25, 0.3) is 5.91 Å². The molecule has 30 heavy (non-hydrogen) atoms. The second kappa shape index (κ2) is 7.43. The van der Waals surface area contributed by atoms with Crippen molar-refractivity contribution in [3.05, 3.63) is 59.3 Å². The summed E-state index contributed by atoms with van der Waals surface area (Å²) in [5.41, 5.74) is 2.06. The zero-order valence-corrected chi connectivity index (χ0v) is 16.6. The number of hydrogen-bond acceptors (Lipinski definition) is 7. The summed E-state index contributed by atoms with van der Waals surface area (Å²) in [6.45, 7) is 1.16. The van der Waals surface area contributed by atoms with Gasteiger partial charge in [0.05, 0.1) is 43.1 Å². The van der Waals surface area contributed by atoms with Crippen LogP contribution in [-0.4, -0.2) is 45.8 Å². The van der Waals surface area contributed by atoms with E-state index < -0.39 is 0 Å². The maximum absolute atomic E-state index is 12.9. The normalized spacial score (nSPS) is 13.9. The number of nitrogens with zero attached hydrogens (tertiary/aromatic N) is 4. The molecule has 1 amide bonds. The van der Waals surface area contributed by atoms with Gasteiger partial charge in [-0.1, -0.05) is 16.8 Å². The van der Waals surface area contributed by atoms with Gasteiger partial charge < -0.3 is 19.3 Å². The first-order chi connectivity index (χ1) is 14.6. The topological polar surface area (TPSA) is 104 Å². The Morgan fingerprint density at radius 3 is 2.93 bits per heavy atom. The molecule has 1 saturated heterocycles. The lowest BCUT2D eigenvalue weighted by Gasteiger charge is -2.21. The summed E-state index contributed by atoms with van der Waals surface area (Å²) in [6, 6.07) is 8.64. The Kier molecular flexibility index (Phi) is 4.61. The maximum Gasteiger partial charge on any atom is 0.274 e. The minimum Gasteiger partial charge on any atom is -0.497 e. The largest absolute Gasteiger partial charge is 0.497 e. The highest BCUT2D eigenvalue weighted by Crippen LogP contribution is 2.30. The van der Waals surface area contributed by atoms with E-state index in [1.165, 1.54) is 6.20 Å². The van der Waals surface area contributed by atoms with E-state index >= 15 is 0 Å². The van der Waals surface area contributed by atoms with Crippen LogP contribution in [0.1, 0.15) is 22.3 Å². The van der Waals surface area contributed by atoms with E-state index in [1.54, 1.807) is 48.0 Å². The van der Waals surface area contributed by atoms with E-state index in [4.69, 9.17) is 25.6 Å². The van der Waals surface area contributed by atoms with E-state index in [0.29, 0.717) is 58.3 Å². The fourth-order valence-corrected chi connectivity index (χ4v) is 3.26. The SMILES string of the molecule is COc1ccn2c(C(=O)Nc3cc(-c4noc(C5COC5)n4)ccc3Cl)cnc2c1. The molecule has 0 spiro atoms. The van der Waals surface area contributed by atoms with Crippen molar-refractivity contribution in [2.24, 2.45) is 0 Å². The van der Waals surface area contributed by atoms with Crippen molar-refractivity contribution in [2.75, 3.05) is 25.6 Å². The number of carbonyl (C=O) groups is 1. The van der Waals surface area contributed by atoms with Crippen LogP contribution in [0.25, 0.3) is 17.0 Å². The predicted octanol–water partition coefficient (Wildman–Crippen LogP) is 3.41. The van der Waals surface area contributed by atoms with E-state index in [1.807, 2.05) is 0 Å². The summed E-state index contributed by atoms with van der Waals surface area (Å²) in [5, 5.41) is 7.24. The van der Waals surface area contributed by atoms with Crippen LogP contribution in [0.4, 0.5) is 5.69 Å². The van der Waals surface area contributed by atoms with Crippen molar-refractivity contribution >= 4 is 28.8 Å². The van der Waals surface area contributed by atoms with Gasteiger partial charge >= 0.3 is 0 Å². The first-order valence-corrected chi connectivity index (χ1v) is 9.54. The molecule has 0 radical (unpaired) electrons. The molecule has 1 N–H and O–H groups in total. The molecule has 5 rings (SSSR count). The zero-order valence-electron chi connectivity index (χ0n) is 15.8. The average molecular weight is 426 g/mol. The number of ether oxygens (including phenoxy) is 2. The molecule has 0 unspecified atom stereocenters. The Morgan fingerprint density at radius 2 is 2.17 bits per heavy atom. The quantitative estimate of drug-likeness (QED) is 0.522. The second-order valence-electron chi connectivity index (χ2n) is 6.78. The monoisotopic (exact) mass is 425 g/mol. The molecule has 1 aliphatic heterocycles. The smallest absolute Gasteiger partial charge is 0.274 e. The summed E-state index contributed by atoms with van der Waals surface area (Å²) >= 11 is 6.30. The average Bonchev–Trinajstić information content (AvgIpc) is 3.35. The Bertz CT molecular complexity index is 1250. The van der Waals surface area contributed by atoms with Crippen LogP contribution < -0.4 is 10.1 Å². The molecule has 9 nitrogen and oxygen atoms in total. The number of methoxy groups -OCH3 is 1. The lowest BCUT2D eigenvalue weighted by molar-refractivity contribution is -0.00445. The van der Waals surface area contributed by atoms with Crippen molar-refractivity contribution < 1.29 is 18.8 Å². The van der Waals surface area contributed by atoms with Crippen molar-refractivity contribution in [3.8, 4) is 17.1 Å². The van der Waals surface area contributed by atoms with Gasteiger partial charge in [0.15, 0.2) is 0 Å². The summed E-state index contributed by atoms with van der Waals surface area (Å²) in [4.78, 5) is 21.5. The lowest BCUT2D eigenvalue weighted by Crippen LogP contribution is -2.25. The highest BCUT2D eigenvalue weighted by Gasteiger charge is 2.27. The summed E-state index contributed by atoms with van der Waals surface area (Å²) in [7, 11) is 1.57. The molecule has 4 aromatic rings. The van der Waals surface area contributed by atoms with Gasteiger partial charge in [0, 0.05) is 17.8 Å². The molecule has 0 bridgehead atoms. The Labute approximate surface area is 175 Å². The molecule has 152 valence electrons. The van der Waals surface area contributed by atoms with Crippen molar-refractivity contribution in [1.29, 1.82) is 0 Å². The number of carbonyl (C=O) groups excluding carboxylic acids is 1. The van der Waals surface area contributed by atoms with Gasteiger partial charge in [-0.2, -0.15) is 4.98 Å². The second-order valence-corrected chi connectivity index (χ2v) is 7.18. The third-order valence-electron chi connectivity index (χ3n) is 4.85. The molecule has 0 saturated carbocycles. The summed E-state index contributed by atoms with van der Waals surface area (Å²) in [6.07, 6.45) is 3.22. The van der Waals surface area contributed by atoms with Crippen LogP contribution >= 0.6 is 11.6 Å². The first-order valence-electron chi connectivity index (χ1n) is 9.16. The number of nitrogens with one attached hydrogen (secondary N) is 1. The van der Waals surface area contributed by atoms with E-state index in [2.05, 4.69) is 20.4 Å². The number of anilines is 1. The Hall–Kier alpha value is -3.43. The molecule has 1 aliphatic rings. The van der Waals surface area contributed by atoms with Crippen molar-refractivity contribution in [3.63, 3.8) is 0 Å². The Morgan fingerprint density at radius 1 is 1.30 bits per heavy atom. The van der Waals surface area contributed by atoms with E-state index in [0.717, 1.165) is 0 Å². The molecule has 4 heterocycles. The van der Waals surface area contributed by atoms with E-state index in [-0.39, 0.29) is 11.8 Å². The van der Waals surface area contributed by atoms with Crippen molar-refractivity contribution in [2.45, 2.75) is 5.92 Å². The molecule has 1 aromatic carbocycles. The minimum atomic E-state index is -0.355. The van der Waals surface area contributed by atoms with Crippen LogP contribution in [0, 0.1) is 0 Å². The van der Waals surface area contributed by atoms with Gasteiger partial charge in [-0.25, -0.2) is 4.98 Å². The molecule has 0 aliphatic carbocycles. The fraction of sp³-hybridized carbons (Fsp3) is 0.200. The highest BCUT2D eigenvalue weighted by molar-refractivity contribution is 6.34. The summed E-state index contributed by atoms with van der Waals surface area (Å²) in [5.74, 6) is 1.39. The molecular formula is C20H16ClN5O4. The van der Waals surface area contributed by atoms with E-state index in [9.17, 15) is 4.79 Å². The van der Waals surface area contributed by atoms with Crippen LogP contribution in [0.15, 0.2) is 47.2 Å². The highest BCUT2D eigenvalue weighted by atomic mass is 35.5. The maximum atomic E-state index is 12.9. The number of fused-ring (bicyclic) bond motifs is 1. The molecule has 1 fully saturated rings. The third kappa shape index (κ3) is 3.27. The number of aromatic nitrogens is 4. The number of halogens is 1. The predicted molar refractivity (Wildman–Crippen MR) is 108 cm³/mol. The molecular weight excluding hydrogens is 410 g/mol. The van der Waals surface area contributed by atoms with Crippen LogP contribution in [0.3, 0.4) is 0 Å². The summed E-state index contributed by atoms with van der Waals surface area (Å²) < 4.78 is 17.3. The third-order valence-corrected chi connectivity index (χ3v) is 5.18. The van der Waals surface area contributed by atoms with Crippen LogP contribution in [0.2, 0.25) is 5.02 Å². The zero-order chi connectivity index (χ0) is 20.7. The molecule has 10 heteroatoms. The fourth-order valence-electron chi connectivity index (χ4n) is 3.10. The Balaban J connectivity index is 1.41. The van der Waals surface area contributed by atoms with Gasteiger partial charge in [0.2, 0.25) is 11.7 Å². The first kappa shape index (κ1) is 18.6. The molecule has 3 aromatic heterocycles. The molecule has 0 atom stereocenters. The number of imidazole rings is 1. The number of benzene rings is 1. The van der Waals surface area contributed by atoms with Crippen LogP contribution in [-0.2, 0) is 4.74 Å².